The molecule has 0 aliphatic rings. The highest BCUT2D eigenvalue weighted by molar-refractivity contribution is 5.86. The molecule has 1 rings (SSSR count). The molecular weight excluding hydrogens is 242 g/mol. The average molecular weight is 253 g/mol. The van der Waals surface area contributed by atoms with Crippen molar-refractivity contribution in [1.29, 1.82) is 0 Å². The van der Waals surface area contributed by atoms with Crippen LogP contribution >= 0.6 is 0 Å². The Morgan fingerprint density at radius 2 is 2.33 bits per heavy atom. The lowest BCUT2D eigenvalue weighted by molar-refractivity contribution is -0.385. The molecule has 8 nitrogen and oxygen atoms in total. The molecule has 0 bridgehead atoms. The molecule has 0 saturated carbocycles. The van der Waals surface area contributed by atoms with Crippen molar-refractivity contribution in [3.63, 3.8) is 0 Å². The minimum Gasteiger partial charge on any atom is -0.478 e. The molecule has 0 amide bonds. The first kappa shape index (κ1) is 13.6. The molecule has 0 aromatic carbocycles. The highest BCUT2D eigenvalue weighted by Gasteiger charge is 2.09. The fraction of sp³-hybridized carbons (Fsp3) is 0.300. The van der Waals surface area contributed by atoms with E-state index >= 15 is 0 Å². The number of rotatable bonds is 5. The number of carboxylic acids is 1. The minimum atomic E-state index is -1.08. The second kappa shape index (κ2) is 5.71. The Morgan fingerprint density at radius 1 is 1.67 bits per heavy atom. The van der Waals surface area contributed by atoms with Gasteiger partial charge in [0.05, 0.1) is 11.1 Å². The maximum Gasteiger partial charge on any atom is 0.348 e. The molecule has 18 heavy (non-hydrogen) atoms. The Morgan fingerprint density at radius 3 is 2.83 bits per heavy atom. The van der Waals surface area contributed by atoms with Gasteiger partial charge in [-0.15, -0.1) is 0 Å². The topological polar surface area (TPSA) is 115 Å². The van der Waals surface area contributed by atoms with Crippen LogP contribution in [0.2, 0.25) is 0 Å². The van der Waals surface area contributed by atoms with Gasteiger partial charge in [-0.2, -0.15) is 4.98 Å². The number of hydrogen-bond donors (Lipinski definition) is 1. The lowest BCUT2D eigenvalue weighted by Gasteiger charge is -2.02. The molecule has 0 fully saturated rings. The molecule has 8 heteroatoms. The molecule has 0 atom stereocenters. The van der Waals surface area contributed by atoms with E-state index in [2.05, 4.69) is 4.98 Å². The summed E-state index contributed by atoms with van der Waals surface area (Å²) >= 11 is 0. The number of allylic oxidation sites excluding steroid dienone is 1. The van der Waals surface area contributed by atoms with E-state index in [0.29, 0.717) is 6.42 Å². The van der Waals surface area contributed by atoms with Crippen molar-refractivity contribution in [2.75, 3.05) is 0 Å². The lowest BCUT2D eigenvalue weighted by Crippen LogP contribution is -2.22. The van der Waals surface area contributed by atoms with Gasteiger partial charge in [-0.3, -0.25) is 14.7 Å². The summed E-state index contributed by atoms with van der Waals surface area (Å²) in [6.07, 6.45) is 3.52. The zero-order valence-corrected chi connectivity index (χ0v) is 9.57. The Hall–Kier alpha value is -2.51. The van der Waals surface area contributed by atoms with Crippen molar-refractivity contribution in [1.82, 2.24) is 9.55 Å². The third-order valence-corrected chi connectivity index (χ3v) is 2.24. The number of carboxylic acid groups (broad SMARTS) is 1. The van der Waals surface area contributed by atoms with Gasteiger partial charge in [0.15, 0.2) is 0 Å². The van der Waals surface area contributed by atoms with Gasteiger partial charge in [0, 0.05) is 12.1 Å². The van der Waals surface area contributed by atoms with Crippen LogP contribution in [0.5, 0.6) is 0 Å². The van der Waals surface area contributed by atoms with Crippen LogP contribution < -0.4 is 5.69 Å². The van der Waals surface area contributed by atoms with Crippen molar-refractivity contribution in [2.24, 2.45) is 0 Å². The van der Waals surface area contributed by atoms with Gasteiger partial charge in [-0.1, -0.05) is 13.0 Å². The van der Waals surface area contributed by atoms with Crippen LogP contribution in [0.15, 0.2) is 28.8 Å². The predicted molar refractivity (Wildman–Crippen MR) is 61.2 cm³/mol. The van der Waals surface area contributed by atoms with Gasteiger partial charge >= 0.3 is 17.3 Å². The van der Waals surface area contributed by atoms with Crippen LogP contribution in [0.25, 0.3) is 0 Å². The van der Waals surface area contributed by atoms with Gasteiger partial charge in [-0.25, -0.2) is 9.59 Å². The fourth-order valence-electron chi connectivity index (χ4n) is 1.26. The van der Waals surface area contributed by atoms with E-state index in [1.807, 2.05) is 0 Å². The van der Waals surface area contributed by atoms with Crippen molar-refractivity contribution in [3.05, 3.63) is 44.6 Å². The Balaban J connectivity index is 3.04. The molecule has 0 aliphatic carbocycles. The molecule has 96 valence electrons. The summed E-state index contributed by atoms with van der Waals surface area (Å²) in [5.74, 6) is -1.08. The Bertz CT molecular complexity index is 561. The SMILES string of the molecule is CC/C(=C/Cn1cc([N+](=O)[O-])cnc1=O)C(=O)O. The maximum atomic E-state index is 11.3. The molecule has 0 unspecified atom stereocenters. The van der Waals surface area contributed by atoms with Crippen LogP contribution in [0.1, 0.15) is 13.3 Å². The molecule has 1 N–H and O–H groups in total. The smallest absolute Gasteiger partial charge is 0.348 e. The summed E-state index contributed by atoms with van der Waals surface area (Å²) in [6, 6.07) is 0. The first-order chi connectivity index (χ1) is 8.45. The first-order valence-corrected chi connectivity index (χ1v) is 5.09. The number of aliphatic carboxylic acids is 1. The summed E-state index contributed by atoms with van der Waals surface area (Å²) in [5.41, 5.74) is -0.859. The minimum absolute atomic E-state index is 0.0665. The van der Waals surface area contributed by atoms with Crippen molar-refractivity contribution >= 4 is 11.7 Å². The number of nitro groups is 1. The predicted octanol–water partition coefficient (Wildman–Crippen LogP) is 0.572. The van der Waals surface area contributed by atoms with E-state index < -0.39 is 16.6 Å². The van der Waals surface area contributed by atoms with Gasteiger partial charge in [0.25, 0.3) is 0 Å². The third-order valence-electron chi connectivity index (χ3n) is 2.24. The quantitative estimate of drug-likeness (QED) is 0.466. The van der Waals surface area contributed by atoms with Crippen molar-refractivity contribution in [3.8, 4) is 0 Å². The van der Waals surface area contributed by atoms with Crippen LogP contribution in [0.4, 0.5) is 5.69 Å². The van der Waals surface area contributed by atoms with E-state index in [4.69, 9.17) is 5.11 Å². The normalized spacial score (nSPS) is 11.3. The zero-order valence-electron chi connectivity index (χ0n) is 9.57. The van der Waals surface area contributed by atoms with E-state index in [1.165, 1.54) is 6.08 Å². The molecular formula is C10H11N3O5. The highest BCUT2D eigenvalue weighted by Crippen LogP contribution is 2.06. The fourth-order valence-corrected chi connectivity index (χ4v) is 1.26. The molecule has 1 heterocycles. The van der Waals surface area contributed by atoms with Crippen LogP contribution in [0.3, 0.4) is 0 Å². The molecule has 1 aromatic heterocycles. The zero-order chi connectivity index (χ0) is 13.7. The number of nitrogens with zero attached hydrogens (tertiary/aromatic N) is 3. The van der Waals surface area contributed by atoms with Crippen molar-refractivity contribution in [2.45, 2.75) is 19.9 Å². The summed E-state index contributed by atoms with van der Waals surface area (Å²) in [4.78, 5) is 35.2. The molecule has 0 spiro atoms. The number of carbonyl (C=O) groups is 1. The number of hydrogen-bond acceptors (Lipinski definition) is 5. The van der Waals surface area contributed by atoms with Crippen LogP contribution in [0, 0.1) is 10.1 Å². The standard InChI is InChI=1S/C10H11N3O5/c1-2-7(9(14)15)3-4-12-6-8(13(17)18)5-11-10(12)16/h3,5-6H,2,4H2,1H3,(H,14,15)/b7-3-. The summed E-state index contributed by atoms with van der Waals surface area (Å²) in [7, 11) is 0. The summed E-state index contributed by atoms with van der Waals surface area (Å²) in [6.45, 7) is 1.59. The largest absolute Gasteiger partial charge is 0.478 e. The second-order valence-electron chi connectivity index (χ2n) is 3.39. The first-order valence-electron chi connectivity index (χ1n) is 5.09. The Labute approximate surface area is 101 Å². The second-order valence-corrected chi connectivity index (χ2v) is 3.39. The molecule has 0 saturated heterocycles. The Kier molecular flexibility index (Phi) is 4.30. The van der Waals surface area contributed by atoms with E-state index in [1.54, 1.807) is 6.92 Å². The number of aromatic nitrogens is 2. The van der Waals surface area contributed by atoms with Crippen LogP contribution in [-0.2, 0) is 11.3 Å². The van der Waals surface area contributed by atoms with Gasteiger partial charge in [-0.05, 0) is 6.42 Å². The van der Waals surface area contributed by atoms with Crippen molar-refractivity contribution < 1.29 is 14.8 Å². The van der Waals surface area contributed by atoms with E-state index in [9.17, 15) is 19.7 Å². The molecule has 0 radical (unpaired) electrons. The molecule has 1 aromatic rings. The monoisotopic (exact) mass is 253 g/mol. The maximum absolute atomic E-state index is 11.3. The van der Waals surface area contributed by atoms with Gasteiger partial charge in [0.2, 0.25) is 0 Å². The highest BCUT2D eigenvalue weighted by atomic mass is 16.6. The third kappa shape index (κ3) is 3.24. The molecule has 0 aliphatic heterocycles. The van der Waals surface area contributed by atoms with Crippen LogP contribution in [-0.4, -0.2) is 25.6 Å². The average Bonchev–Trinajstić information content (AvgIpc) is 2.31. The summed E-state index contributed by atoms with van der Waals surface area (Å²) in [5, 5.41) is 19.3. The summed E-state index contributed by atoms with van der Waals surface area (Å²) < 4.78 is 0.983. The van der Waals surface area contributed by atoms with Gasteiger partial charge in [0.1, 0.15) is 6.20 Å². The van der Waals surface area contributed by atoms with Gasteiger partial charge < -0.3 is 5.11 Å². The van der Waals surface area contributed by atoms with E-state index in [0.717, 1.165) is 17.0 Å². The van der Waals surface area contributed by atoms with E-state index in [-0.39, 0.29) is 17.8 Å². The lowest BCUT2D eigenvalue weighted by atomic mass is 10.2.